The van der Waals surface area contributed by atoms with E-state index in [9.17, 15) is 14.4 Å². The van der Waals surface area contributed by atoms with Gasteiger partial charge >= 0.3 is 0 Å². The van der Waals surface area contributed by atoms with Gasteiger partial charge in [0.15, 0.2) is 0 Å². The monoisotopic (exact) mass is 464 g/mol. The normalized spacial score (nSPS) is 18.3. The molecular weight excluding hydrogens is 440 g/mol. The zero-order chi connectivity index (χ0) is 22.6. The molecule has 0 aliphatic carbocycles. The molecule has 3 amide bonds. The summed E-state index contributed by atoms with van der Waals surface area (Å²) in [6, 6.07) is 19.1. The van der Waals surface area contributed by atoms with Crippen molar-refractivity contribution in [3.05, 3.63) is 82.0 Å². The van der Waals surface area contributed by atoms with Crippen LogP contribution in [0.2, 0.25) is 0 Å². The number of hydrogen-bond acceptors (Lipinski definition) is 5. The highest BCUT2D eigenvalue weighted by Gasteiger charge is 2.42. The molecule has 0 radical (unpaired) electrons. The molecule has 2 heterocycles. The van der Waals surface area contributed by atoms with Crippen LogP contribution >= 0.6 is 23.1 Å². The van der Waals surface area contributed by atoms with E-state index in [-0.39, 0.29) is 17.7 Å². The molecule has 1 saturated heterocycles. The number of rotatable bonds is 7. The first-order valence-electron chi connectivity index (χ1n) is 10.5. The third-order valence-electron chi connectivity index (χ3n) is 5.85. The molecule has 32 heavy (non-hydrogen) atoms. The summed E-state index contributed by atoms with van der Waals surface area (Å²) in [5.41, 5.74) is 1.44. The number of carbonyl (C=O) groups excluding carboxylic acids is 3. The van der Waals surface area contributed by atoms with Crippen LogP contribution in [0.15, 0.2) is 70.9 Å². The second-order valence-corrected chi connectivity index (χ2v) is 9.76. The van der Waals surface area contributed by atoms with Crippen LogP contribution < -0.4 is 10.6 Å². The lowest BCUT2D eigenvalue weighted by atomic mass is 9.72. The zero-order valence-electron chi connectivity index (χ0n) is 17.7. The van der Waals surface area contributed by atoms with Crippen LogP contribution in [0.1, 0.15) is 47.0 Å². The Morgan fingerprint density at radius 2 is 1.88 bits per heavy atom. The fourth-order valence-electron chi connectivity index (χ4n) is 3.96. The lowest BCUT2D eigenvalue weighted by Crippen LogP contribution is -2.51. The number of carbonyl (C=O) groups is 3. The van der Waals surface area contributed by atoms with Crippen LogP contribution in [0.5, 0.6) is 0 Å². The number of amides is 3. The predicted octanol–water partition coefficient (Wildman–Crippen LogP) is 5.38. The van der Waals surface area contributed by atoms with Crippen LogP contribution in [0.4, 0.5) is 5.69 Å². The van der Waals surface area contributed by atoms with Gasteiger partial charge in [-0.3, -0.25) is 19.7 Å². The number of nitrogens with one attached hydrogen (secondary N) is 2. The van der Waals surface area contributed by atoms with E-state index >= 15 is 0 Å². The summed E-state index contributed by atoms with van der Waals surface area (Å²) in [6.07, 6.45) is 1.43. The van der Waals surface area contributed by atoms with Gasteiger partial charge in [0.05, 0.1) is 11.0 Å². The van der Waals surface area contributed by atoms with E-state index in [2.05, 4.69) is 22.1 Å². The molecule has 0 spiro atoms. The third-order valence-corrected chi connectivity index (χ3v) is 8.03. The Labute approximate surface area is 195 Å². The predicted molar refractivity (Wildman–Crippen MR) is 129 cm³/mol. The number of benzene rings is 2. The van der Waals surface area contributed by atoms with Crippen molar-refractivity contribution in [1.29, 1.82) is 0 Å². The van der Waals surface area contributed by atoms with Gasteiger partial charge in [-0.2, -0.15) is 0 Å². The van der Waals surface area contributed by atoms with Crippen LogP contribution in [0.3, 0.4) is 0 Å². The molecule has 1 aliphatic rings. The van der Waals surface area contributed by atoms with Crippen molar-refractivity contribution >= 4 is 46.5 Å². The maximum Gasteiger partial charge on any atom is 0.256 e. The number of thiophene rings is 1. The van der Waals surface area contributed by atoms with Crippen molar-refractivity contribution in [2.75, 3.05) is 5.32 Å². The molecule has 1 fully saturated rings. The Kier molecular flexibility index (Phi) is 6.77. The highest BCUT2D eigenvalue weighted by molar-refractivity contribution is 7.98. The lowest BCUT2D eigenvalue weighted by molar-refractivity contribution is -0.138. The summed E-state index contributed by atoms with van der Waals surface area (Å²) < 4.78 is 0. The summed E-state index contributed by atoms with van der Waals surface area (Å²) >= 11 is 3.35. The summed E-state index contributed by atoms with van der Waals surface area (Å²) in [7, 11) is 0. The SMILES string of the molecule is CCC1(c2ccc(NC(=O)c3ccccc3SCc3cccs3)cc2)CCC(=O)NC1=O. The van der Waals surface area contributed by atoms with Crippen LogP contribution in [0, 0.1) is 0 Å². The molecule has 3 aromatic rings. The number of anilines is 1. The molecule has 1 aliphatic heterocycles. The average molecular weight is 465 g/mol. The van der Waals surface area contributed by atoms with Gasteiger partial charge in [0, 0.05) is 27.6 Å². The summed E-state index contributed by atoms with van der Waals surface area (Å²) in [4.78, 5) is 39.3. The summed E-state index contributed by atoms with van der Waals surface area (Å²) in [5, 5.41) is 7.48. The molecule has 2 N–H and O–H groups in total. The molecule has 1 unspecified atom stereocenters. The van der Waals surface area contributed by atoms with Crippen molar-refractivity contribution in [3.8, 4) is 0 Å². The molecule has 4 rings (SSSR count). The van der Waals surface area contributed by atoms with Crippen molar-refractivity contribution in [1.82, 2.24) is 5.32 Å². The molecule has 5 nitrogen and oxygen atoms in total. The quantitative estimate of drug-likeness (QED) is 0.364. The topological polar surface area (TPSA) is 75.3 Å². The van der Waals surface area contributed by atoms with Gasteiger partial charge in [0.1, 0.15) is 0 Å². The minimum absolute atomic E-state index is 0.168. The van der Waals surface area contributed by atoms with Crippen molar-refractivity contribution in [2.24, 2.45) is 0 Å². The highest BCUT2D eigenvalue weighted by Crippen LogP contribution is 2.36. The van der Waals surface area contributed by atoms with Crippen LogP contribution in [0.25, 0.3) is 0 Å². The van der Waals surface area contributed by atoms with E-state index in [0.717, 1.165) is 16.2 Å². The van der Waals surface area contributed by atoms with Crippen molar-refractivity contribution in [3.63, 3.8) is 0 Å². The number of piperidine rings is 1. The van der Waals surface area contributed by atoms with Crippen molar-refractivity contribution in [2.45, 2.75) is 42.2 Å². The summed E-state index contributed by atoms with van der Waals surface area (Å²) in [6.45, 7) is 1.95. The molecule has 1 aromatic heterocycles. The Morgan fingerprint density at radius 1 is 1.09 bits per heavy atom. The van der Waals surface area contributed by atoms with E-state index in [4.69, 9.17) is 0 Å². The molecule has 0 bridgehead atoms. The van der Waals surface area contributed by atoms with Crippen molar-refractivity contribution < 1.29 is 14.4 Å². The van der Waals surface area contributed by atoms with Crippen LogP contribution in [-0.2, 0) is 20.8 Å². The molecule has 2 aromatic carbocycles. The van der Waals surface area contributed by atoms with E-state index in [1.54, 1.807) is 23.1 Å². The minimum Gasteiger partial charge on any atom is -0.322 e. The average Bonchev–Trinajstić information content (AvgIpc) is 3.33. The zero-order valence-corrected chi connectivity index (χ0v) is 19.4. The Balaban J connectivity index is 1.48. The van der Waals surface area contributed by atoms with Gasteiger partial charge in [-0.05, 0) is 54.1 Å². The Hall–Kier alpha value is -2.90. The molecular formula is C25H24N2O3S2. The standard InChI is InChI=1S/C25H24N2O3S2/c1-2-25(14-13-22(28)27-24(25)30)17-9-11-18(12-10-17)26-23(29)20-7-3-4-8-21(20)32-16-19-6-5-15-31-19/h3-12,15H,2,13-14,16H2,1H3,(H,26,29)(H,27,28,30). The first-order valence-corrected chi connectivity index (χ1v) is 12.4. The Morgan fingerprint density at radius 3 is 2.56 bits per heavy atom. The van der Waals surface area contributed by atoms with Gasteiger partial charge in [-0.25, -0.2) is 0 Å². The first kappa shape index (κ1) is 22.3. The number of thioether (sulfide) groups is 1. The second kappa shape index (κ2) is 9.71. The molecule has 7 heteroatoms. The second-order valence-electron chi connectivity index (χ2n) is 7.71. The van der Waals surface area contributed by atoms with E-state index in [1.807, 2.05) is 61.5 Å². The molecule has 1 atom stereocenters. The van der Waals surface area contributed by atoms with E-state index in [1.165, 1.54) is 4.88 Å². The van der Waals surface area contributed by atoms with Gasteiger partial charge in [-0.1, -0.05) is 37.3 Å². The minimum atomic E-state index is -0.707. The molecule has 0 saturated carbocycles. The van der Waals surface area contributed by atoms with Crippen LogP contribution in [-0.4, -0.2) is 17.7 Å². The smallest absolute Gasteiger partial charge is 0.256 e. The van der Waals surface area contributed by atoms with Gasteiger partial charge in [-0.15, -0.1) is 23.1 Å². The lowest BCUT2D eigenvalue weighted by Gasteiger charge is -2.35. The largest absolute Gasteiger partial charge is 0.322 e. The maximum atomic E-state index is 13.0. The fourth-order valence-corrected chi connectivity index (χ4v) is 5.78. The highest BCUT2D eigenvalue weighted by atomic mass is 32.2. The third kappa shape index (κ3) is 4.64. The maximum absolute atomic E-state index is 13.0. The summed E-state index contributed by atoms with van der Waals surface area (Å²) in [5.74, 6) is 0.182. The number of hydrogen-bond donors (Lipinski definition) is 2. The van der Waals surface area contributed by atoms with Gasteiger partial charge in [0.2, 0.25) is 11.8 Å². The van der Waals surface area contributed by atoms with Gasteiger partial charge in [0.25, 0.3) is 5.91 Å². The first-order chi connectivity index (χ1) is 15.5. The fraction of sp³-hybridized carbons (Fsp3) is 0.240. The Bertz CT molecular complexity index is 1130. The molecule has 164 valence electrons. The van der Waals surface area contributed by atoms with E-state index < -0.39 is 5.41 Å². The number of imide groups is 1. The van der Waals surface area contributed by atoms with Gasteiger partial charge < -0.3 is 5.32 Å². The van der Waals surface area contributed by atoms with E-state index in [0.29, 0.717) is 30.5 Å².